The van der Waals surface area contributed by atoms with Crippen molar-refractivity contribution in [1.29, 1.82) is 0 Å². The minimum Gasteiger partial charge on any atom is -0.269 e. The third-order valence-electron chi connectivity index (χ3n) is 2.98. The third kappa shape index (κ3) is 2.92. The van der Waals surface area contributed by atoms with E-state index in [-0.39, 0.29) is 4.90 Å². The number of benzene rings is 2. The van der Waals surface area contributed by atoms with Gasteiger partial charge in [0.15, 0.2) is 0 Å². The van der Waals surface area contributed by atoms with E-state index in [1.54, 1.807) is 30.3 Å². The number of hydrogen-bond acceptors (Lipinski definition) is 2. The summed E-state index contributed by atoms with van der Waals surface area (Å²) in [5.41, 5.74) is 1.38. The summed E-state index contributed by atoms with van der Waals surface area (Å²) in [5, 5.41) is 0.981. The maximum atomic E-state index is 12.5. The number of nitrogens with zero attached hydrogens (tertiary/aromatic N) is 1. The normalized spacial score (nSPS) is 11.4. The maximum Gasteiger partial charge on any atom is 0.264 e. The first-order valence-electron chi connectivity index (χ1n) is 5.83. The zero-order chi connectivity index (χ0) is 14.9. The van der Waals surface area contributed by atoms with Gasteiger partial charge in [0.1, 0.15) is 0 Å². The molecule has 0 aliphatic carbocycles. The Morgan fingerprint density at radius 3 is 2.10 bits per heavy atom. The van der Waals surface area contributed by atoms with Gasteiger partial charge >= 0.3 is 0 Å². The van der Waals surface area contributed by atoms with E-state index in [9.17, 15) is 8.42 Å². The molecule has 0 fully saturated rings. The van der Waals surface area contributed by atoms with E-state index in [0.29, 0.717) is 15.7 Å². The summed E-state index contributed by atoms with van der Waals surface area (Å²) in [6.45, 7) is 1.83. The van der Waals surface area contributed by atoms with Gasteiger partial charge in [-0.15, -0.1) is 0 Å². The molecule has 0 radical (unpaired) electrons. The van der Waals surface area contributed by atoms with E-state index < -0.39 is 10.0 Å². The van der Waals surface area contributed by atoms with E-state index in [0.717, 1.165) is 5.56 Å². The van der Waals surface area contributed by atoms with Crippen LogP contribution in [0.25, 0.3) is 0 Å². The van der Waals surface area contributed by atoms with Crippen molar-refractivity contribution >= 4 is 38.9 Å². The van der Waals surface area contributed by atoms with Gasteiger partial charge in [0.2, 0.25) is 0 Å². The SMILES string of the molecule is Cc1ccc(Cl)cc1N(C)S(=O)(=O)c1ccc(Cl)cc1. The lowest BCUT2D eigenvalue weighted by atomic mass is 10.2. The second-order valence-electron chi connectivity index (χ2n) is 4.36. The van der Waals surface area contributed by atoms with E-state index in [2.05, 4.69) is 0 Å². The molecule has 2 aromatic carbocycles. The van der Waals surface area contributed by atoms with Crippen molar-refractivity contribution in [2.45, 2.75) is 11.8 Å². The Hall–Kier alpha value is -1.23. The van der Waals surface area contributed by atoms with E-state index in [1.165, 1.54) is 23.5 Å². The molecule has 20 heavy (non-hydrogen) atoms. The van der Waals surface area contributed by atoms with Crippen molar-refractivity contribution in [2.24, 2.45) is 0 Å². The topological polar surface area (TPSA) is 37.4 Å². The summed E-state index contributed by atoms with van der Waals surface area (Å²) in [5.74, 6) is 0. The van der Waals surface area contributed by atoms with Crippen molar-refractivity contribution in [3.8, 4) is 0 Å². The quantitative estimate of drug-likeness (QED) is 0.849. The number of hydrogen-bond donors (Lipinski definition) is 0. The number of anilines is 1. The van der Waals surface area contributed by atoms with E-state index >= 15 is 0 Å². The van der Waals surface area contributed by atoms with Crippen molar-refractivity contribution in [3.05, 3.63) is 58.1 Å². The standard InChI is InChI=1S/C14H13Cl2NO2S/c1-10-3-4-12(16)9-14(10)17(2)20(18,19)13-7-5-11(15)6-8-13/h3-9H,1-2H3. The van der Waals surface area contributed by atoms with Gasteiger partial charge in [-0.25, -0.2) is 8.42 Å². The van der Waals surface area contributed by atoms with Crippen LogP contribution in [0, 0.1) is 6.92 Å². The van der Waals surface area contributed by atoms with Crippen LogP contribution >= 0.6 is 23.2 Å². The summed E-state index contributed by atoms with van der Waals surface area (Å²) >= 11 is 11.7. The summed E-state index contributed by atoms with van der Waals surface area (Å²) in [4.78, 5) is 0.184. The van der Waals surface area contributed by atoms with Gasteiger partial charge in [-0.3, -0.25) is 4.31 Å². The molecule has 106 valence electrons. The maximum absolute atomic E-state index is 12.5. The number of aryl methyl sites for hydroxylation is 1. The highest BCUT2D eigenvalue weighted by molar-refractivity contribution is 7.92. The van der Waals surface area contributed by atoms with Gasteiger partial charge in [-0.1, -0.05) is 29.3 Å². The van der Waals surface area contributed by atoms with Gasteiger partial charge < -0.3 is 0 Å². The highest BCUT2D eigenvalue weighted by atomic mass is 35.5. The van der Waals surface area contributed by atoms with E-state index in [4.69, 9.17) is 23.2 Å². The molecule has 0 amide bonds. The Bertz CT molecular complexity index is 727. The Morgan fingerprint density at radius 1 is 0.950 bits per heavy atom. The third-order valence-corrected chi connectivity index (χ3v) is 5.26. The average molecular weight is 330 g/mol. The smallest absolute Gasteiger partial charge is 0.264 e. The molecular weight excluding hydrogens is 317 g/mol. The Balaban J connectivity index is 2.48. The van der Waals surface area contributed by atoms with Crippen LogP contribution in [-0.4, -0.2) is 15.5 Å². The lowest BCUT2D eigenvalue weighted by molar-refractivity contribution is 0.594. The molecule has 0 unspecified atom stereocenters. The second kappa shape index (κ2) is 5.64. The lowest BCUT2D eigenvalue weighted by Gasteiger charge is -2.21. The monoisotopic (exact) mass is 329 g/mol. The highest BCUT2D eigenvalue weighted by Crippen LogP contribution is 2.28. The fourth-order valence-electron chi connectivity index (χ4n) is 1.82. The minimum atomic E-state index is -3.63. The van der Waals surface area contributed by atoms with Crippen molar-refractivity contribution in [3.63, 3.8) is 0 Å². The largest absolute Gasteiger partial charge is 0.269 e. The summed E-state index contributed by atoms with van der Waals surface area (Å²) in [7, 11) is -2.13. The number of rotatable bonds is 3. The Morgan fingerprint density at radius 2 is 1.50 bits per heavy atom. The van der Waals surface area contributed by atoms with Crippen molar-refractivity contribution in [1.82, 2.24) is 0 Å². The molecule has 0 spiro atoms. The molecule has 0 atom stereocenters. The van der Waals surface area contributed by atoms with Crippen LogP contribution in [-0.2, 0) is 10.0 Å². The highest BCUT2D eigenvalue weighted by Gasteiger charge is 2.22. The van der Waals surface area contributed by atoms with Crippen molar-refractivity contribution < 1.29 is 8.42 Å². The van der Waals surface area contributed by atoms with Crippen LogP contribution < -0.4 is 4.31 Å². The van der Waals surface area contributed by atoms with Crippen LogP contribution in [0.15, 0.2) is 47.4 Å². The average Bonchev–Trinajstić information content (AvgIpc) is 2.41. The van der Waals surface area contributed by atoms with E-state index in [1.807, 2.05) is 6.92 Å². The molecule has 0 saturated heterocycles. The van der Waals surface area contributed by atoms with Crippen LogP contribution in [0.1, 0.15) is 5.56 Å². The van der Waals surface area contributed by atoms with Gasteiger partial charge in [0.25, 0.3) is 10.0 Å². The Kier molecular flexibility index (Phi) is 4.28. The fraction of sp³-hybridized carbons (Fsp3) is 0.143. The van der Waals surface area contributed by atoms with Crippen LogP contribution in [0.2, 0.25) is 10.0 Å². The molecule has 0 aliphatic heterocycles. The molecule has 2 rings (SSSR count). The molecule has 0 bridgehead atoms. The summed E-state index contributed by atoms with van der Waals surface area (Å²) < 4.78 is 26.3. The molecular formula is C14H13Cl2NO2S. The van der Waals surface area contributed by atoms with Gasteiger partial charge in [0.05, 0.1) is 10.6 Å². The minimum absolute atomic E-state index is 0.184. The molecule has 0 aromatic heterocycles. The first-order valence-corrected chi connectivity index (χ1v) is 8.02. The molecule has 0 saturated carbocycles. The van der Waals surface area contributed by atoms with Crippen LogP contribution in [0.4, 0.5) is 5.69 Å². The lowest BCUT2D eigenvalue weighted by Crippen LogP contribution is -2.27. The second-order valence-corrected chi connectivity index (χ2v) is 7.20. The summed E-state index contributed by atoms with van der Waals surface area (Å²) in [6.07, 6.45) is 0. The van der Waals surface area contributed by atoms with Gasteiger partial charge in [-0.05, 0) is 48.9 Å². The molecule has 0 aliphatic rings. The molecule has 3 nitrogen and oxygen atoms in total. The van der Waals surface area contributed by atoms with Crippen LogP contribution in [0.5, 0.6) is 0 Å². The zero-order valence-corrected chi connectivity index (χ0v) is 13.3. The molecule has 6 heteroatoms. The number of sulfonamides is 1. The molecule has 0 N–H and O–H groups in total. The predicted octanol–water partition coefficient (Wildman–Crippen LogP) is 4.13. The summed E-state index contributed by atoms with van der Waals surface area (Å²) in [6, 6.07) is 11.2. The Labute approximate surface area is 128 Å². The fourth-order valence-corrected chi connectivity index (χ4v) is 3.36. The first kappa shape index (κ1) is 15.2. The number of halogens is 2. The zero-order valence-electron chi connectivity index (χ0n) is 11.0. The molecule has 0 heterocycles. The van der Waals surface area contributed by atoms with Gasteiger partial charge in [0, 0.05) is 17.1 Å². The predicted molar refractivity (Wildman–Crippen MR) is 83.2 cm³/mol. The molecule has 2 aromatic rings. The van der Waals surface area contributed by atoms with Crippen molar-refractivity contribution in [2.75, 3.05) is 11.4 Å². The first-order chi connectivity index (χ1) is 9.32. The van der Waals surface area contributed by atoms with Crippen LogP contribution in [0.3, 0.4) is 0 Å². The van der Waals surface area contributed by atoms with Gasteiger partial charge in [-0.2, -0.15) is 0 Å².